The van der Waals surface area contributed by atoms with Gasteiger partial charge in [0.15, 0.2) is 0 Å². The molecular weight excluding hydrogens is 382 g/mol. The monoisotopic (exact) mass is 409 g/mol. The number of para-hydroxylation sites is 1. The summed E-state index contributed by atoms with van der Waals surface area (Å²) in [5.74, 6) is -1.13. The number of carboxylic acid groups (broad SMARTS) is 1. The Morgan fingerprint density at radius 2 is 1.80 bits per heavy atom. The minimum absolute atomic E-state index is 0.0135. The summed E-state index contributed by atoms with van der Waals surface area (Å²) in [5, 5.41) is 9.85. The van der Waals surface area contributed by atoms with Crippen molar-refractivity contribution in [3.05, 3.63) is 69.5 Å². The number of hydrogen-bond donors (Lipinski definition) is 1. The van der Waals surface area contributed by atoms with Gasteiger partial charge in [-0.3, -0.25) is 9.48 Å². The van der Waals surface area contributed by atoms with E-state index in [-0.39, 0.29) is 22.5 Å². The van der Waals surface area contributed by atoms with Gasteiger partial charge >= 0.3 is 12.0 Å². The molecule has 3 rings (SSSR count). The van der Waals surface area contributed by atoms with Crippen molar-refractivity contribution in [2.45, 2.75) is 53.2 Å². The molecule has 0 atom stereocenters. The first-order valence-electron chi connectivity index (χ1n) is 10.1. The predicted molar refractivity (Wildman–Crippen MR) is 116 cm³/mol. The van der Waals surface area contributed by atoms with Crippen LogP contribution in [0.5, 0.6) is 0 Å². The lowest BCUT2D eigenvalue weighted by Gasteiger charge is -2.28. The van der Waals surface area contributed by atoms with E-state index in [1.807, 2.05) is 52.0 Å². The van der Waals surface area contributed by atoms with E-state index in [1.165, 1.54) is 16.8 Å². The topological polar surface area (TPSA) is 84.5 Å². The summed E-state index contributed by atoms with van der Waals surface area (Å²) in [7, 11) is 0. The van der Waals surface area contributed by atoms with Gasteiger partial charge < -0.3 is 10.0 Å². The number of amides is 1. The van der Waals surface area contributed by atoms with E-state index in [4.69, 9.17) is 0 Å². The number of aromatic carboxylic acids is 1. The van der Waals surface area contributed by atoms with E-state index < -0.39 is 17.6 Å². The summed E-state index contributed by atoms with van der Waals surface area (Å²) in [4.78, 5) is 40.2. The molecule has 30 heavy (non-hydrogen) atoms. The third-order valence-corrected chi connectivity index (χ3v) is 5.28. The Morgan fingerprint density at radius 1 is 1.10 bits per heavy atom. The number of benzene rings is 2. The molecule has 0 aliphatic carbocycles. The number of carbonyl (C=O) groups is 2. The predicted octanol–water partition coefficient (Wildman–Crippen LogP) is 4.10. The van der Waals surface area contributed by atoms with E-state index in [0.717, 1.165) is 15.8 Å². The molecule has 0 radical (unpaired) electrons. The number of rotatable bonds is 6. The number of fused-ring (bicyclic) bond motifs is 1. The lowest BCUT2D eigenvalue weighted by Crippen LogP contribution is -2.45. The number of hydrogen-bond acceptors (Lipinski definition) is 3. The van der Waals surface area contributed by atoms with Crippen LogP contribution in [0.2, 0.25) is 0 Å². The molecule has 0 aliphatic heterocycles. The lowest BCUT2D eigenvalue weighted by atomic mass is 10.1. The van der Waals surface area contributed by atoms with Crippen LogP contribution in [0.1, 0.15) is 48.7 Å². The number of aromatic nitrogens is 2. The maximum Gasteiger partial charge on any atom is 0.346 e. The third kappa shape index (κ3) is 3.75. The molecule has 0 bridgehead atoms. The van der Waals surface area contributed by atoms with Crippen molar-refractivity contribution in [3.8, 4) is 0 Å². The maximum absolute atomic E-state index is 13.6. The van der Waals surface area contributed by atoms with Gasteiger partial charge in [-0.05, 0) is 50.5 Å². The van der Waals surface area contributed by atoms with Gasteiger partial charge in [0.05, 0.1) is 16.5 Å². The van der Waals surface area contributed by atoms with Crippen LogP contribution in [0, 0.1) is 6.92 Å². The van der Waals surface area contributed by atoms with Crippen LogP contribution in [0.3, 0.4) is 0 Å². The standard InChI is InChI=1S/C23H27N3O4/c1-5-13-25-20-18(11-8-12-19(20)22(28)29)21(27)26(25)23(30)24(15(2)3)14-17-10-7-6-9-16(17)4/h6-12,15H,5,13-14H2,1-4H3,(H,28,29). The molecule has 1 amide bonds. The highest BCUT2D eigenvalue weighted by Gasteiger charge is 2.27. The molecule has 1 N–H and O–H groups in total. The lowest BCUT2D eigenvalue weighted by molar-refractivity contribution is 0.0698. The highest BCUT2D eigenvalue weighted by atomic mass is 16.4. The number of aryl methyl sites for hydroxylation is 2. The second kappa shape index (κ2) is 8.57. The van der Waals surface area contributed by atoms with Crippen LogP contribution in [-0.2, 0) is 13.1 Å². The molecule has 0 saturated heterocycles. The zero-order chi connectivity index (χ0) is 22.0. The average molecular weight is 409 g/mol. The summed E-state index contributed by atoms with van der Waals surface area (Å²) in [6.07, 6.45) is 0.643. The van der Waals surface area contributed by atoms with Crippen LogP contribution in [-0.4, -0.2) is 37.4 Å². The summed E-state index contributed by atoms with van der Waals surface area (Å²) in [5.41, 5.74) is 1.86. The molecule has 7 heteroatoms. The van der Waals surface area contributed by atoms with Crippen molar-refractivity contribution in [3.63, 3.8) is 0 Å². The molecule has 1 heterocycles. The Hall–Kier alpha value is -3.35. The first-order chi connectivity index (χ1) is 14.3. The van der Waals surface area contributed by atoms with Crippen LogP contribution >= 0.6 is 0 Å². The van der Waals surface area contributed by atoms with Crippen LogP contribution in [0.4, 0.5) is 4.79 Å². The zero-order valence-corrected chi connectivity index (χ0v) is 17.8. The molecule has 0 aliphatic rings. The van der Waals surface area contributed by atoms with Crippen LogP contribution in [0.15, 0.2) is 47.3 Å². The Bertz CT molecular complexity index is 1160. The van der Waals surface area contributed by atoms with Crippen molar-refractivity contribution in [1.82, 2.24) is 14.3 Å². The van der Waals surface area contributed by atoms with Crippen molar-refractivity contribution in [2.75, 3.05) is 0 Å². The number of carboxylic acids is 1. The van der Waals surface area contributed by atoms with E-state index in [0.29, 0.717) is 19.5 Å². The van der Waals surface area contributed by atoms with Crippen LogP contribution < -0.4 is 5.56 Å². The fourth-order valence-electron chi connectivity index (χ4n) is 3.67. The maximum atomic E-state index is 13.6. The Labute approximate surface area is 175 Å². The number of carbonyl (C=O) groups excluding carboxylic acids is 1. The smallest absolute Gasteiger partial charge is 0.346 e. The van der Waals surface area contributed by atoms with E-state index in [9.17, 15) is 19.5 Å². The van der Waals surface area contributed by atoms with Crippen molar-refractivity contribution in [1.29, 1.82) is 0 Å². The Morgan fingerprint density at radius 3 is 2.40 bits per heavy atom. The molecule has 1 aromatic heterocycles. The van der Waals surface area contributed by atoms with Gasteiger partial charge in [-0.15, -0.1) is 0 Å². The normalized spacial score (nSPS) is 11.2. The summed E-state index contributed by atoms with van der Waals surface area (Å²) >= 11 is 0. The van der Waals surface area contributed by atoms with E-state index in [1.54, 1.807) is 11.0 Å². The van der Waals surface area contributed by atoms with Gasteiger partial charge in [0.1, 0.15) is 0 Å². The molecule has 0 fully saturated rings. The second-order valence-corrected chi connectivity index (χ2v) is 7.68. The molecular formula is C23H27N3O4. The highest BCUT2D eigenvalue weighted by molar-refractivity contribution is 6.02. The van der Waals surface area contributed by atoms with Gasteiger partial charge in [-0.25, -0.2) is 9.59 Å². The van der Waals surface area contributed by atoms with Gasteiger partial charge in [0.2, 0.25) is 0 Å². The molecule has 0 unspecified atom stereocenters. The van der Waals surface area contributed by atoms with Crippen molar-refractivity contribution < 1.29 is 14.7 Å². The molecule has 0 saturated carbocycles. The minimum atomic E-state index is -1.13. The van der Waals surface area contributed by atoms with Gasteiger partial charge in [0, 0.05) is 19.1 Å². The first-order valence-corrected chi connectivity index (χ1v) is 10.1. The van der Waals surface area contributed by atoms with Gasteiger partial charge in [-0.2, -0.15) is 4.68 Å². The van der Waals surface area contributed by atoms with Crippen molar-refractivity contribution in [2.24, 2.45) is 0 Å². The van der Waals surface area contributed by atoms with Gasteiger partial charge in [0.25, 0.3) is 5.56 Å². The Balaban J connectivity index is 2.19. The quantitative estimate of drug-likeness (QED) is 0.664. The highest BCUT2D eigenvalue weighted by Crippen LogP contribution is 2.20. The molecule has 3 aromatic rings. The summed E-state index contributed by atoms with van der Waals surface area (Å²) in [6, 6.07) is 11.8. The Kier molecular flexibility index (Phi) is 6.10. The minimum Gasteiger partial charge on any atom is -0.478 e. The first kappa shape index (κ1) is 21.4. The molecule has 7 nitrogen and oxygen atoms in total. The molecule has 2 aromatic carbocycles. The van der Waals surface area contributed by atoms with E-state index in [2.05, 4.69) is 0 Å². The fourth-order valence-corrected chi connectivity index (χ4v) is 3.67. The van der Waals surface area contributed by atoms with Crippen molar-refractivity contribution >= 4 is 22.9 Å². The largest absolute Gasteiger partial charge is 0.478 e. The second-order valence-electron chi connectivity index (χ2n) is 7.68. The SMILES string of the molecule is CCCn1c2c(C(=O)O)cccc2c(=O)n1C(=O)N(Cc1ccccc1C)C(C)C. The fraction of sp³-hybridized carbons (Fsp3) is 0.348. The van der Waals surface area contributed by atoms with E-state index >= 15 is 0 Å². The third-order valence-electron chi connectivity index (χ3n) is 5.28. The zero-order valence-electron chi connectivity index (χ0n) is 17.8. The summed E-state index contributed by atoms with van der Waals surface area (Å²) < 4.78 is 2.61. The van der Waals surface area contributed by atoms with Gasteiger partial charge in [-0.1, -0.05) is 37.3 Å². The molecule has 158 valence electrons. The summed E-state index contributed by atoms with van der Waals surface area (Å²) in [6.45, 7) is 8.41. The number of nitrogens with zero attached hydrogens (tertiary/aromatic N) is 3. The molecule has 0 spiro atoms. The van der Waals surface area contributed by atoms with Crippen LogP contribution in [0.25, 0.3) is 10.9 Å². The average Bonchev–Trinajstić information content (AvgIpc) is 2.99.